The highest BCUT2D eigenvalue weighted by Crippen LogP contribution is 2.15. The quantitative estimate of drug-likeness (QED) is 0.571. The van der Waals surface area contributed by atoms with Gasteiger partial charge in [0.2, 0.25) is 0 Å². The molecule has 1 aliphatic heterocycles. The molecule has 6 heteroatoms. The second-order valence-corrected chi connectivity index (χ2v) is 7.88. The summed E-state index contributed by atoms with van der Waals surface area (Å²) in [5.74, 6) is 0.826. The second-order valence-electron chi connectivity index (χ2n) is 7.88. The summed E-state index contributed by atoms with van der Waals surface area (Å²) in [6.45, 7) is 12.2. The molecular formula is C22H40N6. The van der Waals surface area contributed by atoms with E-state index in [1.807, 2.05) is 31.8 Å². The number of hydrogen-bond donors (Lipinski definition) is 2. The summed E-state index contributed by atoms with van der Waals surface area (Å²) in [6.07, 6.45) is 11.6. The van der Waals surface area contributed by atoms with Gasteiger partial charge in [-0.25, -0.2) is 0 Å². The van der Waals surface area contributed by atoms with Crippen LogP contribution in [0.2, 0.25) is 0 Å². The van der Waals surface area contributed by atoms with Crippen molar-refractivity contribution >= 4 is 5.69 Å². The highest BCUT2D eigenvalue weighted by atomic mass is 15.4. The van der Waals surface area contributed by atoms with E-state index in [2.05, 4.69) is 56.9 Å². The van der Waals surface area contributed by atoms with E-state index in [9.17, 15) is 0 Å². The molecule has 0 saturated carbocycles. The van der Waals surface area contributed by atoms with E-state index in [-0.39, 0.29) is 0 Å². The molecule has 2 N–H and O–H groups in total. The molecule has 158 valence electrons. The van der Waals surface area contributed by atoms with E-state index in [4.69, 9.17) is 0 Å². The molecule has 0 spiro atoms. The van der Waals surface area contributed by atoms with Gasteiger partial charge in [0.25, 0.3) is 0 Å². The van der Waals surface area contributed by atoms with E-state index >= 15 is 0 Å². The molecule has 1 aromatic heterocycles. The maximum absolute atomic E-state index is 4.59. The Kier molecular flexibility index (Phi) is 10.3. The van der Waals surface area contributed by atoms with Gasteiger partial charge < -0.3 is 15.2 Å². The summed E-state index contributed by atoms with van der Waals surface area (Å²) in [4.78, 5) is 15.2. The van der Waals surface area contributed by atoms with Gasteiger partial charge in [0, 0.05) is 58.4 Å². The van der Waals surface area contributed by atoms with E-state index in [1.54, 1.807) is 0 Å². The van der Waals surface area contributed by atoms with Crippen molar-refractivity contribution in [2.75, 3.05) is 58.4 Å². The van der Waals surface area contributed by atoms with Crippen LogP contribution in [0.5, 0.6) is 0 Å². The molecule has 0 bridgehead atoms. The maximum Gasteiger partial charge on any atom is 0.0712 e. The number of aromatic amines is 1. The first kappa shape index (κ1) is 22.7. The largest absolute Gasteiger partial charge is 0.372 e. The Morgan fingerprint density at radius 2 is 2.00 bits per heavy atom. The van der Waals surface area contributed by atoms with Crippen molar-refractivity contribution in [2.45, 2.75) is 39.7 Å². The van der Waals surface area contributed by atoms with Crippen LogP contribution in [0.4, 0.5) is 5.69 Å². The fourth-order valence-corrected chi connectivity index (χ4v) is 3.66. The van der Waals surface area contributed by atoms with Crippen molar-refractivity contribution in [2.24, 2.45) is 5.92 Å². The lowest BCUT2D eigenvalue weighted by Crippen LogP contribution is -2.29. The standard InChI is InChI=1S/C22H40N6/c1-5-20(6-2)17-27-12-13-28(19-27)18-21-8-10-24-15-22(16-25-14-21)26(4)11-7-9-23-3/h8,10,14-16,20,23-24H,5-7,9,11-13,17-19H2,1-4H3. The lowest BCUT2D eigenvalue weighted by Gasteiger charge is -2.22. The molecule has 0 unspecified atom stereocenters. The normalized spacial score (nSPS) is 15.2. The van der Waals surface area contributed by atoms with Crippen LogP contribution in [0.3, 0.4) is 0 Å². The summed E-state index contributed by atoms with van der Waals surface area (Å²) >= 11 is 0. The first-order chi connectivity index (χ1) is 13.7. The molecule has 1 fully saturated rings. The number of nitrogens with one attached hydrogen (secondary N) is 2. The van der Waals surface area contributed by atoms with Crippen molar-refractivity contribution in [1.29, 1.82) is 0 Å². The Hall–Kier alpha value is -1.63. The molecule has 1 aliphatic rings. The topological polar surface area (TPSA) is 50.4 Å². The minimum absolute atomic E-state index is 0.826. The molecule has 1 saturated heterocycles. The van der Waals surface area contributed by atoms with Gasteiger partial charge in [-0.1, -0.05) is 26.7 Å². The summed E-state index contributed by atoms with van der Waals surface area (Å²) in [5.41, 5.74) is 2.33. The first-order valence-electron chi connectivity index (χ1n) is 10.8. The fourth-order valence-electron chi connectivity index (χ4n) is 3.66. The number of anilines is 1. The zero-order valence-corrected chi connectivity index (χ0v) is 18.3. The molecule has 0 amide bonds. The Labute approximate surface area is 171 Å². The molecule has 0 atom stereocenters. The van der Waals surface area contributed by atoms with Gasteiger partial charge in [0.15, 0.2) is 0 Å². The van der Waals surface area contributed by atoms with Gasteiger partial charge >= 0.3 is 0 Å². The molecule has 0 aromatic carbocycles. The van der Waals surface area contributed by atoms with Crippen molar-refractivity contribution in [1.82, 2.24) is 25.1 Å². The number of H-pyrrole nitrogens is 1. The molecule has 6 nitrogen and oxygen atoms in total. The van der Waals surface area contributed by atoms with Crippen LogP contribution in [0.25, 0.3) is 0 Å². The fraction of sp³-hybridized carbons (Fsp3) is 0.682. The lowest BCUT2D eigenvalue weighted by atomic mass is 10.0. The van der Waals surface area contributed by atoms with Crippen LogP contribution < -0.4 is 10.2 Å². The number of aromatic nitrogens is 2. The minimum Gasteiger partial charge on any atom is -0.372 e. The zero-order chi connectivity index (χ0) is 20.2. The van der Waals surface area contributed by atoms with Crippen LogP contribution in [0.15, 0.2) is 30.9 Å². The smallest absolute Gasteiger partial charge is 0.0712 e. The van der Waals surface area contributed by atoms with Crippen LogP contribution in [0.1, 0.15) is 38.7 Å². The van der Waals surface area contributed by atoms with Crippen molar-refractivity contribution < 1.29 is 0 Å². The predicted octanol–water partition coefficient (Wildman–Crippen LogP) is 3.09. The molecule has 28 heavy (non-hydrogen) atoms. The summed E-state index contributed by atoms with van der Waals surface area (Å²) in [7, 11) is 4.10. The van der Waals surface area contributed by atoms with Crippen LogP contribution in [0, 0.1) is 5.92 Å². The SMILES string of the molecule is CCC(CC)CN1CCN(Cc2cc[nH]cc(N(C)CCCNC)cnc2)C1. The third-order valence-corrected chi connectivity index (χ3v) is 5.64. The number of rotatable bonds is 11. The van der Waals surface area contributed by atoms with Crippen LogP contribution in [-0.4, -0.2) is 73.3 Å². The monoisotopic (exact) mass is 388 g/mol. The third kappa shape index (κ3) is 7.78. The van der Waals surface area contributed by atoms with Gasteiger partial charge in [0.1, 0.15) is 0 Å². The highest BCUT2D eigenvalue weighted by Gasteiger charge is 2.21. The van der Waals surface area contributed by atoms with Gasteiger partial charge in [-0.3, -0.25) is 14.8 Å². The molecule has 2 rings (SSSR count). The van der Waals surface area contributed by atoms with Crippen molar-refractivity contribution in [3.63, 3.8) is 0 Å². The van der Waals surface area contributed by atoms with Gasteiger partial charge in [-0.15, -0.1) is 0 Å². The maximum atomic E-state index is 4.59. The third-order valence-electron chi connectivity index (χ3n) is 5.64. The van der Waals surface area contributed by atoms with E-state index in [1.165, 1.54) is 31.5 Å². The summed E-state index contributed by atoms with van der Waals surface area (Å²) in [5, 5.41) is 3.19. The number of hydrogen-bond acceptors (Lipinski definition) is 5. The van der Waals surface area contributed by atoms with Crippen LogP contribution in [-0.2, 0) is 6.54 Å². The average molecular weight is 389 g/mol. The highest BCUT2D eigenvalue weighted by molar-refractivity contribution is 5.39. The van der Waals surface area contributed by atoms with Crippen molar-refractivity contribution in [3.8, 4) is 0 Å². The Balaban J connectivity index is 1.93. The van der Waals surface area contributed by atoms with Crippen molar-refractivity contribution in [3.05, 3.63) is 36.4 Å². The Morgan fingerprint density at radius 1 is 1.21 bits per heavy atom. The predicted molar refractivity (Wildman–Crippen MR) is 119 cm³/mol. The second kappa shape index (κ2) is 12.8. The van der Waals surface area contributed by atoms with E-state index in [0.29, 0.717) is 0 Å². The first-order valence-corrected chi connectivity index (χ1v) is 10.8. The zero-order valence-electron chi connectivity index (χ0n) is 18.3. The molecule has 2 heterocycles. The molecule has 0 radical (unpaired) electrons. The Morgan fingerprint density at radius 3 is 2.75 bits per heavy atom. The van der Waals surface area contributed by atoms with Gasteiger partial charge in [-0.2, -0.15) is 0 Å². The van der Waals surface area contributed by atoms with E-state index < -0.39 is 0 Å². The minimum atomic E-state index is 0.826. The molecule has 0 aliphatic carbocycles. The number of nitrogens with zero attached hydrogens (tertiary/aromatic N) is 4. The summed E-state index contributed by atoms with van der Waals surface area (Å²) < 4.78 is 0. The molecule has 1 aromatic rings. The summed E-state index contributed by atoms with van der Waals surface area (Å²) in [6, 6.07) is 2.14. The lowest BCUT2D eigenvalue weighted by molar-refractivity contribution is 0.210. The Bertz CT molecular complexity index is 596. The average Bonchev–Trinajstić information content (AvgIpc) is 3.17. The van der Waals surface area contributed by atoms with Gasteiger partial charge in [0.05, 0.1) is 18.6 Å². The molecular weight excluding hydrogens is 348 g/mol. The van der Waals surface area contributed by atoms with E-state index in [0.717, 1.165) is 50.9 Å². The van der Waals surface area contributed by atoms with Crippen LogP contribution >= 0.6 is 0 Å². The van der Waals surface area contributed by atoms with Gasteiger partial charge in [-0.05, 0) is 37.6 Å².